The molecule has 1 amide bonds. The molecule has 12 nitrogen and oxygen atoms in total. The first-order valence-corrected chi connectivity index (χ1v) is 16.7. The highest BCUT2D eigenvalue weighted by Gasteiger charge is 2.34. The van der Waals surface area contributed by atoms with Crippen LogP contribution >= 0.6 is 0 Å². The number of rotatable bonds is 10. The van der Waals surface area contributed by atoms with Crippen molar-refractivity contribution in [1.82, 2.24) is 20.2 Å². The number of nitro groups is 1. The molecule has 4 aromatic carbocycles. The van der Waals surface area contributed by atoms with Crippen LogP contribution in [0.3, 0.4) is 0 Å². The molecule has 0 unspecified atom stereocenters. The summed E-state index contributed by atoms with van der Waals surface area (Å²) in [6.07, 6.45) is 1.29. The Bertz CT molecular complexity index is 1930. The number of non-ortho nitro benzene ring substituents is 1. The van der Waals surface area contributed by atoms with E-state index in [0.29, 0.717) is 18.5 Å². The summed E-state index contributed by atoms with van der Waals surface area (Å²) in [6, 6.07) is 29.9. The number of carbonyl (C=O) groups is 1. The number of para-hydroxylation sites is 2. The van der Waals surface area contributed by atoms with Gasteiger partial charge in [0.15, 0.2) is 6.29 Å². The zero-order valence-electron chi connectivity index (χ0n) is 27.4. The molecule has 0 saturated carbocycles. The Morgan fingerprint density at radius 3 is 2.24 bits per heavy atom. The summed E-state index contributed by atoms with van der Waals surface area (Å²) in [7, 11) is 0. The molecule has 256 valence electrons. The standard InChI is InChI=1S/C38H38N6O6/c45-25-27-7-9-28(10-8-27)36-21-32(24-42-17-19-43(20-18-42)30-13-15-31(16-14-30)44(47)48)49-38(50-36)29-11-5-26(6-12-29)22-40-37(46)35-23-39-33-3-1-2-4-34(33)41-35/h1-16,23,32,36,38,45H,17-22,24-25H2,(H,40,46)/t32-,36+,38+/m1/s1. The van der Waals surface area contributed by atoms with Crippen molar-refractivity contribution in [2.45, 2.75) is 38.1 Å². The number of ether oxygens (including phenoxy) is 2. The zero-order valence-corrected chi connectivity index (χ0v) is 27.4. The molecular formula is C38H38N6O6. The maximum Gasteiger partial charge on any atom is 0.271 e. The van der Waals surface area contributed by atoms with E-state index in [-0.39, 0.29) is 41.0 Å². The predicted molar refractivity (Wildman–Crippen MR) is 187 cm³/mol. The lowest BCUT2D eigenvalue weighted by Crippen LogP contribution is -2.49. The Morgan fingerprint density at radius 1 is 0.860 bits per heavy atom. The number of aliphatic hydroxyl groups excluding tert-OH is 1. The molecule has 2 aliphatic heterocycles. The normalized spacial score (nSPS) is 19.7. The quantitative estimate of drug-likeness (QED) is 0.147. The lowest BCUT2D eigenvalue weighted by Gasteiger charge is -2.41. The van der Waals surface area contributed by atoms with Gasteiger partial charge in [0.2, 0.25) is 0 Å². The number of carbonyl (C=O) groups excluding carboxylic acids is 1. The molecule has 2 aliphatic rings. The summed E-state index contributed by atoms with van der Waals surface area (Å²) >= 11 is 0. The Labute approximate surface area is 289 Å². The number of piperazine rings is 1. The summed E-state index contributed by atoms with van der Waals surface area (Å²) in [5.74, 6) is -0.294. The SMILES string of the molecule is O=C(NCc1ccc([C@H]2O[C@@H](CN3CCN(c4ccc([N+](=O)[O-])cc4)CC3)C[C@@H](c3ccc(CO)cc3)O2)cc1)c1cnc2ccccc2n1. The van der Waals surface area contributed by atoms with Crippen LogP contribution in [0.15, 0.2) is 103 Å². The fourth-order valence-corrected chi connectivity index (χ4v) is 6.43. The third-order valence-electron chi connectivity index (χ3n) is 9.26. The second-order valence-electron chi connectivity index (χ2n) is 12.6. The van der Waals surface area contributed by atoms with Crippen LogP contribution in [0.25, 0.3) is 11.0 Å². The third-order valence-corrected chi connectivity index (χ3v) is 9.26. The van der Waals surface area contributed by atoms with Crippen LogP contribution in [0.4, 0.5) is 11.4 Å². The van der Waals surface area contributed by atoms with Gasteiger partial charge in [0.25, 0.3) is 11.6 Å². The van der Waals surface area contributed by atoms with Gasteiger partial charge in [-0.2, -0.15) is 0 Å². The topological polar surface area (TPSA) is 143 Å². The molecule has 12 heteroatoms. The van der Waals surface area contributed by atoms with Gasteiger partial charge in [-0.3, -0.25) is 24.8 Å². The highest BCUT2D eigenvalue weighted by molar-refractivity contribution is 5.93. The van der Waals surface area contributed by atoms with E-state index in [2.05, 4.69) is 25.1 Å². The molecule has 0 bridgehead atoms. The van der Waals surface area contributed by atoms with Gasteiger partial charge in [-0.1, -0.05) is 60.7 Å². The van der Waals surface area contributed by atoms with Crippen molar-refractivity contribution in [2.75, 3.05) is 37.6 Å². The smallest absolute Gasteiger partial charge is 0.271 e. The summed E-state index contributed by atoms with van der Waals surface area (Å²) in [5, 5.41) is 23.5. The van der Waals surface area contributed by atoms with Crippen molar-refractivity contribution >= 4 is 28.3 Å². The van der Waals surface area contributed by atoms with Crippen LogP contribution < -0.4 is 10.2 Å². The van der Waals surface area contributed by atoms with E-state index in [0.717, 1.165) is 66.2 Å². The van der Waals surface area contributed by atoms with Gasteiger partial charge in [-0.05, 0) is 41.0 Å². The maximum absolute atomic E-state index is 12.8. The molecule has 3 heterocycles. The first kappa shape index (κ1) is 33.2. The number of benzene rings is 4. The summed E-state index contributed by atoms with van der Waals surface area (Å²) in [4.78, 5) is 36.9. The van der Waals surface area contributed by atoms with Crippen LogP contribution in [0.1, 0.15) is 51.6 Å². The Hall–Kier alpha value is -5.27. The number of amides is 1. The molecule has 5 aromatic rings. The lowest BCUT2D eigenvalue weighted by molar-refractivity contribution is -0.384. The van der Waals surface area contributed by atoms with Crippen molar-refractivity contribution in [3.05, 3.63) is 141 Å². The number of hydrogen-bond acceptors (Lipinski definition) is 10. The van der Waals surface area contributed by atoms with E-state index in [9.17, 15) is 20.0 Å². The summed E-state index contributed by atoms with van der Waals surface area (Å²) < 4.78 is 13.1. The minimum atomic E-state index is -0.589. The predicted octanol–water partition coefficient (Wildman–Crippen LogP) is 5.33. The van der Waals surface area contributed by atoms with E-state index in [4.69, 9.17) is 9.47 Å². The number of fused-ring (bicyclic) bond motifs is 1. The monoisotopic (exact) mass is 674 g/mol. The molecule has 1 aromatic heterocycles. The van der Waals surface area contributed by atoms with Crippen molar-refractivity contribution in [2.24, 2.45) is 0 Å². The number of hydrogen-bond donors (Lipinski definition) is 2. The van der Waals surface area contributed by atoms with E-state index in [1.165, 1.54) is 6.20 Å². The van der Waals surface area contributed by atoms with E-state index in [1.807, 2.05) is 84.9 Å². The van der Waals surface area contributed by atoms with Gasteiger partial charge in [0.1, 0.15) is 5.69 Å². The highest BCUT2D eigenvalue weighted by Crippen LogP contribution is 2.38. The van der Waals surface area contributed by atoms with Gasteiger partial charge in [-0.25, -0.2) is 4.98 Å². The maximum atomic E-state index is 12.8. The Balaban J connectivity index is 0.994. The number of nitrogens with zero attached hydrogens (tertiary/aromatic N) is 5. The van der Waals surface area contributed by atoms with E-state index < -0.39 is 6.29 Å². The summed E-state index contributed by atoms with van der Waals surface area (Å²) in [6.45, 7) is 4.33. The number of nitrogens with one attached hydrogen (secondary N) is 1. The van der Waals surface area contributed by atoms with Crippen LogP contribution in [0, 0.1) is 10.1 Å². The minimum absolute atomic E-state index is 0.0194. The first-order valence-electron chi connectivity index (χ1n) is 16.7. The molecule has 2 N–H and O–H groups in total. The van der Waals surface area contributed by atoms with Crippen LogP contribution in [-0.2, 0) is 22.6 Å². The highest BCUT2D eigenvalue weighted by atomic mass is 16.7. The zero-order chi connectivity index (χ0) is 34.5. The molecule has 2 saturated heterocycles. The minimum Gasteiger partial charge on any atom is -0.392 e. The van der Waals surface area contributed by atoms with Crippen LogP contribution in [-0.4, -0.2) is 69.6 Å². The molecule has 50 heavy (non-hydrogen) atoms. The molecule has 0 spiro atoms. The first-order chi connectivity index (χ1) is 24.4. The largest absolute Gasteiger partial charge is 0.392 e. The summed E-state index contributed by atoms with van der Waals surface area (Å²) in [5.41, 5.74) is 6.41. The third kappa shape index (κ3) is 7.79. The fourth-order valence-electron chi connectivity index (χ4n) is 6.43. The van der Waals surface area contributed by atoms with Gasteiger partial charge in [0, 0.05) is 69.1 Å². The van der Waals surface area contributed by atoms with Crippen molar-refractivity contribution in [3.8, 4) is 0 Å². The molecule has 0 aliphatic carbocycles. The van der Waals surface area contributed by atoms with Crippen molar-refractivity contribution in [1.29, 1.82) is 0 Å². The fraction of sp³-hybridized carbons (Fsp3) is 0.289. The average Bonchev–Trinajstić information content (AvgIpc) is 3.17. The number of anilines is 1. The molecular weight excluding hydrogens is 636 g/mol. The van der Waals surface area contributed by atoms with Gasteiger partial charge >= 0.3 is 0 Å². The van der Waals surface area contributed by atoms with Crippen LogP contribution in [0.2, 0.25) is 0 Å². The van der Waals surface area contributed by atoms with Gasteiger partial charge in [0.05, 0.1) is 41.0 Å². The van der Waals surface area contributed by atoms with Crippen LogP contribution in [0.5, 0.6) is 0 Å². The number of nitro benzene ring substituents is 1. The number of aromatic nitrogens is 2. The lowest BCUT2D eigenvalue weighted by atomic mass is 9.99. The second kappa shape index (κ2) is 15.1. The molecule has 3 atom stereocenters. The molecule has 0 radical (unpaired) electrons. The van der Waals surface area contributed by atoms with Crippen molar-refractivity contribution < 1.29 is 24.3 Å². The molecule has 2 fully saturated rings. The average molecular weight is 675 g/mol. The van der Waals surface area contributed by atoms with E-state index in [1.54, 1.807) is 12.1 Å². The molecule has 7 rings (SSSR count). The Kier molecular flexibility index (Phi) is 10.0. The van der Waals surface area contributed by atoms with Crippen molar-refractivity contribution in [3.63, 3.8) is 0 Å². The Morgan fingerprint density at radius 2 is 1.54 bits per heavy atom. The second-order valence-corrected chi connectivity index (χ2v) is 12.6. The number of aliphatic hydroxyl groups is 1. The van der Waals surface area contributed by atoms with Gasteiger partial charge < -0.3 is 24.8 Å². The van der Waals surface area contributed by atoms with E-state index >= 15 is 0 Å². The van der Waals surface area contributed by atoms with Gasteiger partial charge in [-0.15, -0.1) is 0 Å².